The van der Waals surface area contributed by atoms with Crippen LogP contribution in [0.4, 0.5) is 5.69 Å². The molecule has 0 radical (unpaired) electrons. The minimum absolute atomic E-state index is 0.436. The fourth-order valence-electron chi connectivity index (χ4n) is 3.02. The number of halogens is 2. The van der Waals surface area contributed by atoms with Crippen LogP contribution >= 0.6 is 23.2 Å². The second kappa shape index (κ2) is 7.43. The van der Waals surface area contributed by atoms with Crippen LogP contribution in [0.1, 0.15) is 5.56 Å². The largest absolute Gasteiger partial charge is 0.495 e. The van der Waals surface area contributed by atoms with Gasteiger partial charge in [-0.2, -0.15) is 5.10 Å². The number of aromatic nitrogens is 1. The average Bonchev–Trinajstić information content (AvgIpc) is 2.67. The van der Waals surface area contributed by atoms with Crippen LogP contribution < -0.4 is 10.2 Å². The molecule has 0 aliphatic heterocycles. The molecule has 0 aliphatic carbocycles. The second-order valence-electron chi connectivity index (χ2n) is 5.90. The van der Waals surface area contributed by atoms with Gasteiger partial charge in [-0.05, 0) is 24.3 Å². The Morgan fingerprint density at radius 1 is 0.963 bits per heavy atom. The minimum Gasteiger partial charge on any atom is -0.495 e. The SMILES string of the molecule is COc1c(Cl)cc(Cl)cc1/C=N/Nc1c2ccccc2nc2ccccc12. The molecule has 4 rings (SSSR count). The topological polar surface area (TPSA) is 46.5 Å². The van der Waals surface area contributed by atoms with Crippen molar-refractivity contribution in [2.75, 3.05) is 12.5 Å². The molecule has 0 spiro atoms. The normalized spacial score (nSPS) is 11.4. The molecule has 1 aromatic heterocycles. The first-order valence-electron chi connectivity index (χ1n) is 8.27. The molecule has 1 heterocycles. The Bertz CT molecular complexity index is 1120. The molecule has 134 valence electrons. The second-order valence-corrected chi connectivity index (χ2v) is 6.74. The lowest BCUT2D eigenvalue weighted by Crippen LogP contribution is -1.97. The molecule has 0 saturated heterocycles. The molecule has 0 unspecified atom stereocenters. The zero-order chi connectivity index (χ0) is 18.8. The van der Waals surface area contributed by atoms with Crippen LogP contribution in [0.2, 0.25) is 10.0 Å². The summed E-state index contributed by atoms with van der Waals surface area (Å²) in [4.78, 5) is 4.71. The standard InChI is InChI=1S/C21H15Cl2N3O/c1-27-21-13(10-14(22)11-17(21)23)12-24-26-20-15-6-2-4-8-18(15)25-19-9-5-3-7-16(19)20/h2-12H,1H3,(H,25,26)/b24-12+. The number of hydrazone groups is 1. The predicted molar refractivity (Wildman–Crippen MR) is 113 cm³/mol. The highest BCUT2D eigenvalue weighted by molar-refractivity contribution is 6.36. The number of hydrogen-bond donors (Lipinski definition) is 1. The maximum absolute atomic E-state index is 6.19. The van der Waals surface area contributed by atoms with Gasteiger partial charge in [0.15, 0.2) is 0 Å². The molecule has 4 nitrogen and oxygen atoms in total. The van der Waals surface area contributed by atoms with Crippen LogP contribution in [-0.4, -0.2) is 18.3 Å². The molecule has 0 amide bonds. The molecule has 0 atom stereocenters. The molecule has 27 heavy (non-hydrogen) atoms. The summed E-state index contributed by atoms with van der Waals surface area (Å²) in [6, 6.07) is 19.3. The van der Waals surface area contributed by atoms with Crippen molar-refractivity contribution in [1.29, 1.82) is 0 Å². The van der Waals surface area contributed by atoms with E-state index in [2.05, 4.69) is 10.5 Å². The molecule has 4 aromatic rings. The van der Waals surface area contributed by atoms with Gasteiger partial charge in [0.05, 0.1) is 35.1 Å². The van der Waals surface area contributed by atoms with Gasteiger partial charge in [-0.15, -0.1) is 0 Å². The molecule has 1 N–H and O–H groups in total. The first-order chi connectivity index (χ1) is 13.2. The first-order valence-corrected chi connectivity index (χ1v) is 9.02. The fourth-order valence-corrected chi connectivity index (χ4v) is 3.60. The van der Waals surface area contributed by atoms with E-state index in [4.69, 9.17) is 32.9 Å². The number of rotatable bonds is 4. The lowest BCUT2D eigenvalue weighted by atomic mass is 10.1. The Kier molecular flexibility index (Phi) is 4.84. The maximum Gasteiger partial charge on any atom is 0.146 e. The zero-order valence-corrected chi connectivity index (χ0v) is 15.9. The van der Waals surface area contributed by atoms with E-state index < -0.39 is 0 Å². The van der Waals surface area contributed by atoms with Crippen LogP contribution in [0.15, 0.2) is 65.8 Å². The number of hydrogen-bond acceptors (Lipinski definition) is 4. The Morgan fingerprint density at radius 2 is 1.59 bits per heavy atom. The van der Waals surface area contributed by atoms with E-state index in [0.29, 0.717) is 21.4 Å². The van der Waals surface area contributed by atoms with E-state index in [9.17, 15) is 0 Å². The molecule has 0 aliphatic rings. The number of nitrogens with one attached hydrogen (secondary N) is 1. The highest BCUT2D eigenvalue weighted by atomic mass is 35.5. The van der Waals surface area contributed by atoms with Crippen molar-refractivity contribution in [1.82, 2.24) is 4.98 Å². The molecule has 0 saturated carbocycles. The fraction of sp³-hybridized carbons (Fsp3) is 0.0476. The lowest BCUT2D eigenvalue weighted by Gasteiger charge is -2.10. The minimum atomic E-state index is 0.436. The molecule has 6 heteroatoms. The van der Waals surface area contributed by atoms with E-state index in [1.807, 2.05) is 48.5 Å². The predicted octanol–water partition coefficient (Wildman–Crippen LogP) is 6.15. The summed E-state index contributed by atoms with van der Waals surface area (Å²) in [7, 11) is 1.56. The highest BCUT2D eigenvalue weighted by Gasteiger charge is 2.10. The van der Waals surface area contributed by atoms with E-state index in [0.717, 1.165) is 27.5 Å². The van der Waals surface area contributed by atoms with Crippen molar-refractivity contribution in [2.45, 2.75) is 0 Å². The Hall–Kier alpha value is -2.82. The number of methoxy groups -OCH3 is 1. The number of ether oxygens (including phenoxy) is 1. The van der Waals surface area contributed by atoms with Crippen LogP contribution in [-0.2, 0) is 0 Å². The number of nitrogens with zero attached hydrogens (tertiary/aromatic N) is 2. The van der Waals surface area contributed by atoms with Crippen molar-refractivity contribution in [3.63, 3.8) is 0 Å². The average molecular weight is 396 g/mol. The summed E-state index contributed by atoms with van der Waals surface area (Å²) in [6.07, 6.45) is 1.64. The maximum atomic E-state index is 6.19. The van der Waals surface area contributed by atoms with E-state index in [1.54, 1.807) is 25.5 Å². The Labute approximate surface area is 166 Å². The first kappa shape index (κ1) is 17.6. The van der Waals surface area contributed by atoms with Gasteiger partial charge in [-0.1, -0.05) is 59.6 Å². The van der Waals surface area contributed by atoms with Gasteiger partial charge >= 0.3 is 0 Å². The number of pyridine rings is 1. The quantitative estimate of drug-likeness (QED) is 0.256. The smallest absolute Gasteiger partial charge is 0.146 e. The summed E-state index contributed by atoms with van der Waals surface area (Å²) in [5, 5.41) is 7.34. The van der Waals surface area contributed by atoms with E-state index in [1.165, 1.54) is 0 Å². The lowest BCUT2D eigenvalue weighted by molar-refractivity contribution is 0.414. The summed E-state index contributed by atoms with van der Waals surface area (Å²) in [5.41, 5.74) is 6.53. The van der Waals surface area contributed by atoms with Gasteiger partial charge in [0.2, 0.25) is 0 Å². The van der Waals surface area contributed by atoms with Gasteiger partial charge in [0, 0.05) is 21.4 Å². The van der Waals surface area contributed by atoms with Crippen molar-refractivity contribution in [3.05, 3.63) is 76.3 Å². The number of fused-ring (bicyclic) bond motifs is 2. The van der Waals surface area contributed by atoms with Crippen molar-refractivity contribution >= 4 is 56.9 Å². The van der Waals surface area contributed by atoms with Crippen molar-refractivity contribution < 1.29 is 4.74 Å². The van der Waals surface area contributed by atoms with Crippen LogP contribution in [0.5, 0.6) is 5.75 Å². The van der Waals surface area contributed by atoms with Crippen LogP contribution in [0, 0.1) is 0 Å². The zero-order valence-electron chi connectivity index (χ0n) is 14.4. The van der Waals surface area contributed by atoms with Crippen LogP contribution in [0.3, 0.4) is 0 Å². The Balaban J connectivity index is 1.79. The molecular formula is C21H15Cl2N3O. The number of benzene rings is 3. The van der Waals surface area contributed by atoms with Crippen LogP contribution in [0.25, 0.3) is 21.8 Å². The summed E-state index contributed by atoms with van der Waals surface area (Å²) >= 11 is 12.3. The van der Waals surface area contributed by atoms with Gasteiger partial charge < -0.3 is 4.74 Å². The van der Waals surface area contributed by atoms with E-state index >= 15 is 0 Å². The number of anilines is 1. The summed E-state index contributed by atoms with van der Waals surface area (Å²) in [6.45, 7) is 0. The molecular weight excluding hydrogens is 381 g/mol. The highest BCUT2D eigenvalue weighted by Crippen LogP contribution is 2.32. The summed E-state index contributed by atoms with van der Waals surface area (Å²) in [5.74, 6) is 0.524. The molecule has 3 aromatic carbocycles. The van der Waals surface area contributed by atoms with Gasteiger partial charge in [-0.3, -0.25) is 5.43 Å². The van der Waals surface area contributed by atoms with Gasteiger partial charge in [0.1, 0.15) is 5.75 Å². The Morgan fingerprint density at radius 3 is 2.22 bits per heavy atom. The van der Waals surface area contributed by atoms with Gasteiger partial charge in [-0.25, -0.2) is 4.98 Å². The third kappa shape index (κ3) is 3.42. The van der Waals surface area contributed by atoms with Crippen molar-refractivity contribution in [2.24, 2.45) is 5.10 Å². The monoisotopic (exact) mass is 395 g/mol. The van der Waals surface area contributed by atoms with Crippen molar-refractivity contribution in [3.8, 4) is 5.75 Å². The van der Waals surface area contributed by atoms with E-state index in [-0.39, 0.29) is 0 Å². The third-order valence-electron chi connectivity index (χ3n) is 4.21. The summed E-state index contributed by atoms with van der Waals surface area (Å²) < 4.78 is 5.35. The number of para-hydroxylation sites is 2. The third-order valence-corrected chi connectivity index (χ3v) is 4.71. The molecule has 0 bridgehead atoms. The van der Waals surface area contributed by atoms with Gasteiger partial charge in [0.25, 0.3) is 0 Å². The molecule has 0 fully saturated rings.